The van der Waals surface area contributed by atoms with Crippen LogP contribution in [0.1, 0.15) is 30.5 Å². The summed E-state index contributed by atoms with van der Waals surface area (Å²) in [5.41, 5.74) is 7.66. The highest BCUT2D eigenvalue weighted by molar-refractivity contribution is 6.12. The van der Waals surface area contributed by atoms with Crippen molar-refractivity contribution in [3.05, 3.63) is 84.1 Å². The number of hydrogen-bond donors (Lipinski definition) is 2. The molecule has 1 fully saturated rings. The van der Waals surface area contributed by atoms with Gasteiger partial charge in [0, 0.05) is 31.3 Å². The number of nitrogens with zero attached hydrogens (tertiary/aromatic N) is 4. The monoisotopic (exact) mass is 490 g/mol. The Hall–Kier alpha value is -4.34. The van der Waals surface area contributed by atoms with E-state index < -0.39 is 41.7 Å². The van der Waals surface area contributed by atoms with Gasteiger partial charge in [-0.1, -0.05) is 19.1 Å². The number of pyridine rings is 2. The molecule has 186 valence electrons. The minimum Gasteiger partial charge on any atom is -0.384 e. The molecular formula is C26H27FN6O3. The summed E-state index contributed by atoms with van der Waals surface area (Å²) in [6.45, 7) is 1.84. The van der Waals surface area contributed by atoms with E-state index in [1.807, 2.05) is 6.92 Å². The summed E-state index contributed by atoms with van der Waals surface area (Å²) >= 11 is 0. The number of nitrogen functional groups attached to an aromatic ring is 1. The summed E-state index contributed by atoms with van der Waals surface area (Å²) in [6, 6.07) is 10.3. The number of anilines is 2. The fourth-order valence-corrected chi connectivity index (χ4v) is 4.39. The Balaban J connectivity index is 1.60. The van der Waals surface area contributed by atoms with Crippen molar-refractivity contribution in [2.45, 2.75) is 31.8 Å². The number of nitrogens with one attached hydrogen (secondary N) is 1. The molecule has 1 aliphatic heterocycles. The van der Waals surface area contributed by atoms with Gasteiger partial charge in [0.1, 0.15) is 17.7 Å². The van der Waals surface area contributed by atoms with E-state index in [4.69, 9.17) is 5.73 Å². The van der Waals surface area contributed by atoms with Crippen LogP contribution in [0.5, 0.6) is 0 Å². The van der Waals surface area contributed by atoms with Crippen LogP contribution in [0, 0.1) is 11.7 Å². The van der Waals surface area contributed by atoms with Crippen molar-refractivity contribution in [3.63, 3.8) is 0 Å². The quantitative estimate of drug-likeness (QED) is 0.491. The van der Waals surface area contributed by atoms with Crippen molar-refractivity contribution in [2.24, 2.45) is 5.92 Å². The molecule has 1 aromatic carbocycles. The van der Waals surface area contributed by atoms with E-state index in [9.17, 15) is 18.8 Å². The molecule has 0 unspecified atom stereocenters. The first-order valence-corrected chi connectivity index (χ1v) is 11.6. The molecule has 3 aromatic rings. The third-order valence-electron chi connectivity index (χ3n) is 6.32. The Morgan fingerprint density at radius 3 is 2.58 bits per heavy atom. The van der Waals surface area contributed by atoms with Gasteiger partial charge in [0.05, 0.1) is 12.0 Å². The van der Waals surface area contributed by atoms with Crippen molar-refractivity contribution < 1.29 is 18.8 Å². The lowest BCUT2D eigenvalue weighted by molar-refractivity contribution is -0.156. The van der Waals surface area contributed by atoms with E-state index in [1.54, 1.807) is 55.8 Å². The maximum absolute atomic E-state index is 13.8. The summed E-state index contributed by atoms with van der Waals surface area (Å²) < 4.78 is 13.8. The van der Waals surface area contributed by atoms with Crippen molar-refractivity contribution >= 4 is 29.4 Å². The third-order valence-corrected chi connectivity index (χ3v) is 6.32. The Bertz CT molecular complexity index is 1270. The fraction of sp³-hybridized carbons (Fsp3) is 0.269. The summed E-state index contributed by atoms with van der Waals surface area (Å²) in [4.78, 5) is 50.3. The number of likely N-dealkylation sites (N-methyl/N-ethyl adjacent to an activating group) is 1. The molecule has 3 N–H and O–H groups in total. The van der Waals surface area contributed by atoms with Crippen LogP contribution in [0.3, 0.4) is 0 Å². The maximum Gasteiger partial charge on any atom is 0.325 e. The number of amides is 4. The number of rotatable bonds is 7. The molecule has 2 aromatic heterocycles. The van der Waals surface area contributed by atoms with Gasteiger partial charge in [-0.15, -0.1) is 0 Å². The number of aromatic nitrogens is 2. The number of carbonyl (C=O) groups is 3. The standard InChI is InChI=1S/C26H27FN6O3/c1-3-21(17-5-4-6-18(27)15-17)31-26(36)33-23(25(35)32(2)19-8-10-29-11-9-19)20(24(33)34)13-16-7-12-30-22(28)14-16/h4-12,14-15,20-21,23H,3,13H2,1-2H3,(H2,28,30)(H,31,36)/t20-,21-,23+/m1/s1. The number of imide groups is 1. The number of halogens is 1. The maximum atomic E-state index is 13.8. The van der Waals surface area contributed by atoms with Crippen LogP contribution in [0.2, 0.25) is 0 Å². The second kappa shape index (κ2) is 10.5. The highest BCUT2D eigenvalue weighted by Gasteiger charge is 2.55. The van der Waals surface area contributed by atoms with E-state index in [2.05, 4.69) is 15.3 Å². The van der Waals surface area contributed by atoms with Crippen molar-refractivity contribution in [2.75, 3.05) is 17.7 Å². The van der Waals surface area contributed by atoms with Gasteiger partial charge in [-0.05, 0) is 60.4 Å². The zero-order chi connectivity index (χ0) is 25.8. The predicted octanol–water partition coefficient (Wildman–Crippen LogP) is 3.09. The Morgan fingerprint density at radius 1 is 1.17 bits per heavy atom. The zero-order valence-electron chi connectivity index (χ0n) is 20.0. The summed E-state index contributed by atoms with van der Waals surface area (Å²) in [6.07, 6.45) is 5.32. The SMILES string of the molecule is CC[C@@H](NC(=O)N1C(=O)[C@H](Cc2ccnc(N)c2)[C@H]1C(=O)N(C)c1ccncc1)c1cccc(F)c1. The van der Waals surface area contributed by atoms with Crippen LogP contribution in [-0.4, -0.2) is 45.8 Å². The minimum absolute atomic E-state index is 0.219. The molecule has 10 heteroatoms. The molecule has 0 spiro atoms. The number of urea groups is 1. The molecule has 1 saturated heterocycles. The lowest BCUT2D eigenvalue weighted by Gasteiger charge is -2.46. The predicted molar refractivity (Wildman–Crippen MR) is 132 cm³/mol. The van der Waals surface area contributed by atoms with Crippen LogP contribution < -0.4 is 16.0 Å². The largest absolute Gasteiger partial charge is 0.384 e. The first-order chi connectivity index (χ1) is 17.3. The Morgan fingerprint density at radius 2 is 1.92 bits per heavy atom. The number of β-lactam (4-membered cyclic amide) rings is 1. The molecule has 4 amide bonds. The van der Waals surface area contributed by atoms with Gasteiger partial charge in [0.2, 0.25) is 5.91 Å². The van der Waals surface area contributed by atoms with Crippen molar-refractivity contribution in [1.29, 1.82) is 0 Å². The average Bonchev–Trinajstić information content (AvgIpc) is 2.88. The summed E-state index contributed by atoms with van der Waals surface area (Å²) in [5.74, 6) is -1.78. The average molecular weight is 491 g/mol. The van der Waals surface area contributed by atoms with Gasteiger partial charge < -0.3 is 16.0 Å². The van der Waals surface area contributed by atoms with Gasteiger partial charge in [0.15, 0.2) is 0 Å². The van der Waals surface area contributed by atoms with Crippen LogP contribution >= 0.6 is 0 Å². The Labute approximate surface area is 208 Å². The zero-order valence-corrected chi connectivity index (χ0v) is 20.0. The number of benzene rings is 1. The molecule has 0 bridgehead atoms. The third kappa shape index (κ3) is 5.02. The smallest absolute Gasteiger partial charge is 0.325 e. The highest BCUT2D eigenvalue weighted by atomic mass is 19.1. The minimum atomic E-state index is -1.03. The summed E-state index contributed by atoms with van der Waals surface area (Å²) in [7, 11) is 1.58. The van der Waals surface area contributed by atoms with Crippen LogP contribution in [-0.2, 0) is 16.0 Å². The molecule has 0 aliphatic carbocycles. The fourth-order valence-electron chi connectivity index (χ4n) is 4.39. The number of likely N-dealkylation sites (tertiary alicyclic amines) is 1. The van der Waals surface area contributed by atoms with Gasteiger partial charge >= 0.3 is 6.03 Å². The van der Waals surface area contributed by atoms with E-state index in [1.165, 1.54) is 23.2 Å². The molecule has 0 saturated carbocycles. The van der Waals surface area contributed by atoms with Crippen LogP contribution in [0.4, 0.5) is 20.7 Å². The van der Waals surface area contributed by atoms with Crippen LogP contribution in [0.25, 0.3) is 0 Å². The molecule has 0 radical (unpaired) electrons. The van der Waals surface area contributed by atoms with E-state index >= 15 is 0 Å². The number of hydrogen-bond acceptors (Lipinski definition) is 6. The molecule has 3 heterocycles. The molecule has 4 rings (SSSR count). The van der Waals surface area contributed by atoms with Crippen LogP contribution in [0.15, 0.2) is 67.1 Å². The lowest BCUT2D eigenvalue weighted by atomic mass is 9.81. The number of carbonyl (C=O) groups excluding carboxylic acids is 3. The Kier molecular flexibility index (Phi) is 7.23. The molecular weight excluding hydrogens is 463 g/mol. The normalized spacial score (nSPS) is 17.8. The first-order valence-electron chi connectivity index (χ1n) is 11.6. The first kappa shape index (κ1) is 24.8. The highest BCUT2D eigenvalue weighted by Crippen LogP contribution is 2.33. The summed E-state index contributed by atoms with van der Waals surface area (Å²) in [5, 5.41) is 2.79. The van der Waals surface area contributed by atoms with Crippen molar-refractivity contribution in [3.8, 4) is 0 Å². The molecule has 3 atom stereocenters. The van der Waals surface area contributed by atoms with Gasteiger partial charge in [0.25, 0.3) is 5.91 Å². The van der Waals surface area contributed by atoms with Gasteiger partial charge in [-0.25, -0.2) is 14.2 Å². The second-order valence-electron chi connectivity index (χ2n) is 8.62. The van der Waals surface area contributed by atoms with Crippen molar-refractivity contribution in [1.82, 2.24) is 20.2 Å². The van der Waals surface area contributed by atoms with E-state index in [0.717, 1.165) is 10.5 Å². The molecule has 1 aliphatic rings. The van der Waals surface area contributed by atoms with Gasteiger partial charge in [-0.3, -0.25) is 19.5 Å². The molecule has 9 nitrogen and oxygen atoms in total. The molecule has 36 heavy (non-hydrogen) atoms. The lowest BCUT2D eigenvalue weighted by Crippen LogP contribution is -2.70. The number of nitrogens with two attached hydrogens (primary N) is 1. The second-order valence-corrected chi connectivity index (χ2v) is 8.62. The van der Waals surface area contributed by atoms with E-state index in [-0.39, 0.29) is 6.42 Å². The topological polar surface area (TPSA) is 122 Å². The van der Waals surface area contributed by atoms with E-state index in [0.29, 0.717) is 23.5 Å². The van der Waals surface area contributed by atoms with Gasteiger partial charge in [-0.2, -0.15) is 0 Å².